The number of nitrogens with one attached hydrogen (secondary N) is 1. The lowest BCUT2D eigenvalue weighted by molar-refractivity contribution is -0.127. The number of thioether (sulfide) groups is 1. The molecule has 1 unspecified atom stereocenters. The minimum Gasteiger partial charge on any atom is -0.497 e. The van der Waals surface area contributed by atoms with Crippen LogP contribution in [0.25, 0.3) is 0 Å². The fourth-order valence-electron chi connectivity index (χ4n) is 3.22. The van der Waals surface area contributed by atoms with E-state index >= 15 is 0 Å². The number of rotatable bonds is 5. The second-order valence-electron chi connectivity index (χ2n) is 6.03. The first-order valence-electron chi connectivity index (χ1n) is 8.25. The quantitative estimate of drug-likeness (QED) is 0.798. The molecule has 24 heavy (non-hydrogen) atoms. The van der Waals surface area contributed by atoms with E-state index in [9.17, 15) is 4.79 Å². The smallest absolute Gasteiger partial charge is 0.232 e. The van der Waals surface area contributed by atoms with Gasteiger partial charge in [-0.05, 0) is 30.7 Å². The number of carbonyl (C=O) groups excluding carboxylic acids is 1. The molecule has 3 rings (SSSR count). The molecule has 134 valence electrons. The Kier molecular flexibility index (Phi) is 7.68. The number of ether oxygens (including phenoxy) is 1. The highest BCUT2D eigenvalue weighted by Crippen LogP contribution is 2.23. The van der Waals surface area contributed by atoms with E-state index in [0.717, 1.165) is 56.3 Å². The Balaban J connectivity index is 0.00000208. The van der Waals surface area contributed by atoms with E-state index in [2.05, 4.69) is 10.2 Å². The summed E-state index contributed by atoms with van der Waals surface area (Å²) in [4.78, 5) is 18.1. The molecule has 5 nitrogen and oxygen atoms in total. The number of amides is 1. The number of hydrogen-bond donors (Lipinski definition) is 1. The molecule has 0 saturated carbocycles. The van der Waals surface area contributed by atoms with E-state index in [-0.39, 0.29) is 18.3 Å². The van der Waals surface area contributed by atoms with Crippen LogP contribution in [0.3, 0.4) is 0 Å². The summed E-state index contributed by atoms with van der Waals surface area (Å²) in [5, 5.41) is 3.38. The van der Waals surface area contributed by atoms with Crippen LogP contribution >= 0.6 is 24.2 Å². The molecule has 2 fully saturated rings. The molecule has 7 heteroatoms. The topological polar surface area (TPSA) is 44.8 Å². The fraction of sp³-hybridized carbons (Fsp3) is 0.588. The van der Waals surface area contributed by atoms with Gasteiger partial charge in [-0.25, -0.2) is 0 Å². The third-order valence-electron chi connectivity index (χ3n) is 4.61. The van der Waals surface area contributed by atoms with E-state index < -0.39 is 0 Å². The largest absolute Gasteiger partial charge is 0.497 e. The van der Waals surface area contributed by atoms with Crippen molar-refractivity contribution >= 4 is 30.1 Å². The van der Waals surface area contributed by atoms with Gasteiger partial charge in [-0.1, -0.05) is 0 Å². The van der Waals surface area contributed by atoms with Crippen molar-refractivity contribution in [2.75, 3.05) is 52.1 Å². The third-order valence-corrected chi connectivity index (χ3v) is 5.60. The van der Waals surface area contributed by atoms with E-state index in [1.54, 1.807) is 18.9 Å². The lowest BCUT2D eigenvalue weighted by Crippen LogP contribution is -2.49. The standard InChI is InChI=1S/C17H25N3O2S.ClH/c1-22-15-2-4-16(5-3-15)23-13-17(21)20-9-6-14(12-20)19-10-7-18-8-11-19;/h2-5,14,18H,6-13H2,1H3;1H. The van der Waals surface area contributed by atoms with E-state index in [4.69, 9.17) is 4.74 Å². The molecule has 0 bridgehead atoms. The van der Waals surface area contributed by atoms with Crippen LogP contribution in [0, 0.1) is 0 Å². The van der Waals surface area contributed by atoms with Crippen LogP contribution in [0.15, 0.2) is 29.2 Å². The molecule has 2 saturated heterocycles. The van der Waals surface area contributed by atoms with E-state index in [1.807, 2.05) is 29.2 Å². The number of likely N-dealkylation sites (tertiary alicyclic amines) is 1. The van der Waals surface area contributed by atoms with E-state index in [0.29, 0.717) is 11.8 Å². The monoisotopic (exact) mass is 371 g/mol. The summed E-state index contributed by atoms with van der Waals surface area (Å²) in [5.41, 5.74) is 0. The van der Waals surface area contributed by atoms with Crippen molar-refractivity contribution in [2.24, 2.45) is 0 Å². The summed E-state index contributed by atoms with van der Waals surface area (Å²) in [5.74, 6) is 1.61. The maximum atomic E-state index is 12.4. The van der Waals surface area contributed by atoms with Gasteiger partial charge in [0.2, 0.25) is 5.91 Å². The number of halogens is 1. The Morgan fingerprint density at radius 1 is 1.25 bits per heavy atom. The Labute approximate surface area is 154 Å². The Bertz CT molecular complexity index is 523. The lowest BCUT2D eigenvalue weighted by atomic mass is 10.2. The van der Waals surface area contributed by atoms with Crippen molar-refractivity contribution in [2.45, 2.75) is 17.4 Å². The zero-order valence-electron chi connectivity index (χ0n) is 14.1. The van der Waals surface area contributed by atoms with Gasteiger partial charge in [0.25, 0.3) is 0 Å². The van der Waals surface area contributed by atoms with Crippen LogP contribution in [0.2, 0.25) is 0 Å². The number of nitrogens with zero attached hydrogens (tertiary/aromatic N) is 2. The maximum Gasteiger partial charge on any atom is 0.232 e. The van der Waals surface area contributed by atoms with Crippen molar-refractivity contribution < 1.29 is 9.53 Å². The summed E-state index contributed by atoms with van der Waals surface area (Å²) in [6.07, 6.45) is 1.11. The SMILES string of the molecule is COc1ccc(SCC(=O)N2CCC(N3CCNCC3)C2)cc1.Cl. The van der Waals surface area contributed by atoms with Gasteiger partial charge in [0.15, 0.2) is 0 Å². The predicted molar refractivity (Wildman–Crippen MR) is 100 cm³/mol. The van der Waals surface area contributed by atoms with Crippen LogP contribution in [-0.4, -0.2) is 73.9 Å². The molecular weight excluding hydrogens is 346 g/mol. The highest BCUT2D eigenvalue weighted by atomic mass is 35.5. The second-order valence-corrected chi connectivity index (χ2v) is 7.08. The molecule has 0 aromatic heterocycles. The molecule has 1 N–H and O–H groups in total. The zero-order chi connectivity index (χ0) is 16.1. The average Bonchev–Trinajstić information content (AvgIpc) is 3.11. The van der Waals surface area contributed by atoms with Gasteiger partial charge >= 0.3 is 0 Å². The van der Waals surface area contributed by atoms with Crippen LogP contribution in [0.5, 0.6) is 5.75 Å². The Hall–Kier alpha value is -0.950. The van der Waals surface area contributed by atoms with Crippen LogP contribution in [0.1, 0.15) is 6.42 Å². The van der Waals surface area contributed by atoms with Crippen LogP contribution < -0.4 is 10.1 Å². The molecule has 0 spiro atoms. The number of hydrogen-bond acceptors (Lipinski definition) is 5. The second kappa shape index (κ2) is 9.51. The van der Waals surface area contributed by atoms with Crippen LogP contribution in [0.4, 0.5) is 0 Å². The normalized spacial score (nSPS) is 21.4. The first-order valence-corrected chi connectivity index (χ1v) is 9.24. The summed E-state index contributed by atoms with van der Waals surface area (Å²) in [7, 11) is 1.66. The van der Waals surface area contributed by atoms with Gasteiger partial charge in [0, 0.05) is 50.2 Å². The lowest BCUT2D eigenvalue weighted by Gasteiger charge is -2.32. The van der Waals surface area contributed by atoms with Gasteiger partial charge in [0.1, 0.15) is 5.75 Å². The average molecular weight is 372 g/mol. The fourth-order valence-corrected chi connectivity index (χ4v) is 4.02. The number of piperazine rings is 1. The van der Waals surface area contributed by atoms with Gasteiger partial charge < -0.3 is 15.0 Å². The molecule has 1 amide bonds. The minimum atomic E-state index is 0. The van der Waals surface area contributed by atoms with Gasteiger partial charge in [-0.3, -0.25) is 9.69 Å². The third kappa shape index (κ3) is 5.02. The van der Waals surface area contributed by atoms with Crippen molar-refractivity contribution in [1.82, 2.24) is 15.1 Å². The first-order chi connectivity index (χ1) is 11.3. The molecular formula is C17H26ClN3O2S. The first kappa shape index (κ1) is 19.4. The van der Waals surface area contributed by atoms with E-state index in [1.165, 1.54) is 0 Å². The summed E-state index contributed by atoms with van der Waals surface area (Å²) >= 11 is 1.60. The molecule has 0 radical (unpaired) electrons. The molecule has 1 aromatic carbocycles. The van der Waals surface area contributed by atoms with Gasteiger partial charge in [-0.2, -0.15) is 0 Å². The molecule has 2 heterocycles. The molecule has 2 aliphatic rings. The summed E-state index contributed by atoms with van der Waals surface area (Å²) in [6.45, 7) is 6.13. The van der Waals surface area contributed by atoms with Gasteiger partial charge in [-0.15, -0.1) is 24.2 Å². The van der Waals surface area contributed by atoms with Crippen molar-refractivity contribution in [1.29, 1.82) is 0 Å². The summed E-state index contributed by atoms with van der Waals surface area (Å²) < 4.78 is 5.15. The van der Waals surface area contributed by atoms with Crippen LogP contribution in [-0.2, 0) is 4.79 Å². The maximum absolute atomic E-state index is 12.4. The minimum absolute atomic E-state index is 0. The Morgan fingerprint density at radius 2 is 1.96 bits per heavy atom. The molecule has 0 aliphatic carbocycles. The van der Waals surface area contributed by atoms with Crippen molar-refractivity contribution in [3.63, 3.8) is 0 Å². The molecule has 1 aromatic rings. The highest BCUT2D eigenvalue weighted by Gasteiger charge is 2.30. The number of benzene rings is 1. The molecule has 2 aliphatic heterocycles. The zero-order valence-corrected chi connectivity index (χ0v) is 15.7. The van der Waals surface area contributed by atoms with Crippen molar-refractivity contribution in [3.05, 3.63) is 24.3 Å². The molecule has 1 atom stereocenters. The predicted octanol–water partition coefficient (Wildman–Crippen LogP) is 1.72. The van der Waals surface area contributed by atoms with Gasteiger partial charge in [0.05, 0.1) is 12.9 Å². The number of methoxy groups -OCH3 is 1. The Morgan fingerprint density at radius 3 is 2.62 bits per heavy atom. The highest BCUT2D eigenvalue weighted by molar-refractivity contribution is 8.00. The summed E-state index contributed by atoms with van der Waals surface area (Å²) in [6, 6.07) is 8.42. The number of carbonyl (C=O) groups is 1. The van der Waals surface area contributed by atoms with Crippen molar-refractivity contribution in [3.8, 4) is 5.75 Å².